The summed E-state index contributed by atoms with van der Waals surface area (Å²) in [5.74, 6) is 0.499. The number of piperazine rings is 1. The van der Waals surface area contributed by atoms with Crippen molar-refractivity contribution in [1.29, 1.82) is 0 Å². The van der Waals surface area contributed by atoms with Crippen LogP contribution in [0.3, 0.4) is 0 Å². The van der Waals surface area contributed by atoms with E-state index in [0.717, 1.165) is 13.1 Å². The highest BCUT2D eigenvalue weighted by atomic mass is 35.5. The van der Waals surface area contributed by atoms with Gasteiger partial charge in [0.15, 0.2) is 0 Å². The summed E-state index contributed by atoms with van der Waals surface area (Å²) >= 11 is 6.17. The van der Waals surface area contributed by atoms with Gasteiger partial charge in [0.2, 0.25) is 0 Å². The summed E-state index contributed by atoms with van der Waals surface area (Å²) in [7, 11) is 0. The quantitative estimate of drug-likeness (QED) is 0.787. The standard InChI is InChI=1S/C18H27ClN2O2/c1-14-11-20(12-15-8-6-5-7-9-15)16(10-19)13-21(14)17(22)23-18(2,3)4/h5-9,14,16H,10-13H2,1-4H3. The molecule has 2 atom stereocenters. The predicted molar refractivity (Wildman–Crippen MR) is 93.8 cm³/mol. The van der Waals surface area contributed by atoms with Crippen LogP contribution in [-0.4, -0.2) is 52.5 Å². The molecule has 1 amide bonds. The molecule has 1 aliphatic heterocycles. The van der Waals surface area contributed by atoms with Crippen molar-refractivity contribution in [3.8, 4) is 0 Å². The molecule has 0 N–H and O–H groups in total. The van der Waals surface area contributed by atoms with E-state index in [2.05, 4.69) is 24.0 Å². The molecule has 1 aliphatic rings. The number of rotatable bonds is 3. The zero-order valence-corrected chi connectivity index (χ0v) is 15.2. The van der Waals surface area contributed by atoms with Crippen LogP contribution in [0.15, 0.2) is 30.3 Å². The monoisotopic (exact) mass is 338 g/mol. The fourth-order valence-corrected chi connectivity index (χ4v) is 3.14. The first-order valence-corrected chi connectivity index (χ1v) is 8.67. The van der Waals surface area contributed by atoms with Crippen LogP contribution in [0.25, 0.3) is 0 Å². The molecule has 1 saturated heterocycles. The van der Waals surface area contributed by atoms with E-state index in [4.69, 9.17) is 16.3 Å². The molecular weight excluding hydrogens is 312 g/mol. The fraction of sp³-hybridized carbons (Fsp3) is 0.611. The molecule has 2 rings (SSSR count). The summed E-state index contributed by atoms with van der Waals surface area (Å²) in [6.45, 7) is 9.98. The molecule has 0 aromatic heterocycles. The van der Waals surface area contributed by atoms with Gasteiger partial charge in [-0.05, 0) is 33.3 Å². The number of benzene rings is 1. The van der Waals surface area contributed by atoms with E-state index < -0.39 is 5.60 Å². The maximum absolute atomic E-state index is 12.4. The van der Waals surface area contributed by atoms with E-state index in [1.54, 1.807) is 4.90 Å². The Labute approximate surface area is 144 Å². The van der Waals surface area contributed by atoms with Gasteiger partial charge < -0.3 is 9.64 Å². The van der Waals surface area contributed by atoms with Crippen molar-refractivity contribution in [2.24, 2.45) is 0 Å². The number of ether oxygens (including phenoxy) is 1. The molecule has 0 bridgehead atoms. The zero-order valence-electron chi connectivity index (χ0n) is 14.5. The summed E-state index contributed by atoms with van der Waals surface area (Å²) in [6.07, 6.45) is -0.250. The Morgan fingerprint density at radius 1 is 1.26 bits per heavy atom. The van der Waals surface area contributed by atoms with E-state index in [1.165, 1.54) is 5.56 Å². The zero-order chi connectivity index (χ0) is 17.0. The van der Waals surface area contributed by atoms with Crippen molar-refractivity contribution in [2.45, 2.75) is 51.9 Å². The van der Waals surface area contributed by atoms with Crippen molar-refractivity contribution < 1.29 is 9.53 Å². The van der Waals surface area contributed by atoms with E-state index in [-0.39, 0.29) is 18.2 Å². The first-order chi connectivity index (χ1) is 10.8. The largest absolute Gasteiger partial charge is 0.444 e. The average Bonchev–Trinajstić information content (AvgIpc) is 2.46. The lowest BCUT2D eigenvalue weighted by Crippen LogP contribution is -2.59. The second-order valence-electron chi connectivity index (χ2n) is 7.20. The summed E-state index contributed by atoms with van der Waals surface area (Å²) in [4.78, 5) is 16.6. The maximum atomic E-state index is 12.4. The predicted octanol–water partition coefficient (Wildman–Crippen LogP) is 3.74. The van der Waals surface area contributed by atoms with Gasteiger partial charge >= 0.3 is 6.09 Å². The van der Waals surface area contributed by atoms with Crippen LogP contribution >= 0.6 is 11.6 Å². The molecule has 0 radical (unpaired) electrons. The second-order valence-corrected chi connectivity index (χ2v) is 7.51. The number of hydrogen-bond donors (Lipinski definition) is 0. The van der Waals surface area contributed by atoms with Crippen LogP contribution in [-0.2, 0) is 11.3 Å². The Bertz CT molecular complexity index is 516. The first-order valence-electron chi connectivity index (χ1n) is 8.13. The Morgan fingerprint density at radius 3 is 2.48 bits per heavy atom. The van der Waals surface area contributed by atoms with E-state index >= 15 is 0 Å². The highest BCUT2D eigenvalue weighted by Crippen LogP contribution is 2.21. The van der Waals surface area contributed by atoms with Gasteiger partial charge in [0, 0.05) is 37.6 Å². The van der Waals surface area contributed by atoms with Crippen LogP contribution in [0.1, 0.15) is 33.3 Å². The van der Waals surface area contributed by atoms with Crippen molar-refractivity contribution >= 4 is 17.7 Å². The molecule has 2 unspecified atom stereocenters. The smallest absolute Gasteiger partial charge is 0.410 e. The minimum absolute atomic E-state index is 0.105. The fourth-order valence-electron chi connectivity index (χ4n) is 2.84. The Hall–Kier alpha value is -1.26. The number of amides is 1. The summed E-state index contributed by atoms with van der Waals surface area (Å²) in [6, 6.07) is 10.6. The van der Waals surface area contributed by atoms with E-state index in [1.807, 2.05) is 39.0 Å². The minimum atomic E-state index is -0.478. The summed E-state index contributed by atoms with van der Waals surface area (Å²) in [5, 5.41) is 0. The Balaban J connectivity index is 2.04. The highest BCUT2D eigenvalue weighted by molar-refractivity contribution is 6.18. The van der Waals surface area contributed by atoms with Gasteiger partial charge in [-0.25, -0.2) is 4.79 Å². The SMILES string of the molecule is CC1CN(Cc2ccccc2)C(CCl)CN1C(=O)OC(C)(C)C. The number of hydrogen-bond acceptors (Lipinski definition) is 3. The molecule has 5 heteroatoms. The second kappa shape index (κ2) is 7.54. The molecule has 0 spiro atoms. The molecular formula is C18H27ClN2O2. The van der Waals surface area contributed by atoms with Crippen LogP contribution in [0.2, 0.25) is 0 Å². The Morgan fingerprint density at radius 2 is 1.91 bits per heavy atom. The van der Waals surface area contributed by atoms with Gasteiger partial charge in [-0.15, -0.1) is 11.6 Å². The lowest BCUT2D eigenvalue weighted by molar-refractivity contribution is -0.0111. The van der Waals surface area contributed by atoms with Crippen molar-refractivity contribution in [2.75, 3.05) is 19.0 Å². The van der Waals surface area contributed by atoms with E-state index in [0.29, 0.717) is 12.4 Å². The van der Waals surface area contributed by atoms with Crippen molar-refractivity contribution in [3.05, 3.63) is 35.9 Å². The lowest BCUT2D eigenvalue weighted by Gasteiger charge is -2.44. The van der Waals surface area contributed by atoms with Crippen LogP contribution in [0.5, 0.6) is 0 Å². The van der Waals surface area contributed by atoms with Crippen LogP contribution in [0, 0.1) is 0 Å². The number of alkyl halides is 1. The molecule has 1 aromatic rings. The third kappa shape index (κ3) is 5.11. The van der Waals surface area contributed by atoms with Gasteiger partial charge in [0.05, 0.1) is 0 Å². The topological polar surface area (TPSA) is 32.8 Å². The molecule has 1 fully saturated rings. The molecule has 23 heavy (non-hydrogen) atoms. The van der Waals surface area contributed by atoms with Crippen molar-refractivity contribution in [1.82, 2.24) is 9.80 Å². The summed E-state index contributed by atoms with van der Waals surface area (Å²) < 4.78 is 5.52. The van der Waals surface area contributed by atoms with Crippen molar-refractivity contribution in [3.63, 3.8) is 0 Å². The number of halogens is 1. The third-order valence-corrected chi connectivity index (χ3v) is 4.35. The number of nitrogens with zero attached hydrogens (tertiary/aromatic N) is 2. The Kier molecular flexibility index (Phi) is 5.93. The average molecular weight is 339 g/mol. The number of carbonyl (C=O) groups excluding carboxylic acids is 1. The molecule has 0 saturated carbocycles. The van der Waals surface area contributed by atoms with Gasteiger partial charge in [0.25, 0.3) is 0 Å². The van der Waals surface area contributed by atoms with Crippen LogP contribution in [0.4, 0.5) is 4.79 Å². The first kappa shape index (κ1) is 18.1. The molecule has 1 heterocycles. The minimum Gasteiger partial charge on any atom is -0.444 e. The lowest BCUT2D eigenvalue weighted by atomic mass is 10.1. The van der Waals surface area contributed by atoms with Gasteiger partial charge in [-0.2, -0.15) is 0 Å². The van der Waals surface area contributed by atoms with Gasteiger partial charge in [-0.1, -0.05) is 30.3 Å². The number of carbonyl (C=O) groups is 1. The molecule has 128 valence electrons. The maximum Gasteiger partial charge on any atom is 0.410 e. The highest BCUT2D eigenvalue weighted by Gasteiger charge is 2.35. The molecule has 0 aliphatic carbocycles. The molecule has 4 nitrogen and oxygen atoms in total. The third-order valence-electron chi connectivity index (χ3n) is 3.99. The van der Waals surface area contributed by atoms with Gasteiger partial charge in [0.1, 0.15) is 5.60 Å². The van der Waals surface area contributed by atoms with Gasteiger partial charge in [-0.3, -0.25) is 4.90 Å². The summed E-state index contributed by atoms with van der Waals surface area (Å²) in [5.41, 5.74) is 0.787. The molecule has 1 aromatic carbocycles. The normalized spacial score (nSPS) is 22.9. The van der Waals surface area contributed by atoms with E-state index in [9.17, 15) is 4.79 Å². The van der Waals surface area contributed by atoms with Crippen LogP contribution < -0.4 is 0 Å².